The molecule has 0 saturated carbocycles. The van der Waals surface area contributed by atoms with Gasteiger partial charge in [-0.05, 0) is 44.7 Å². The number of aryl methyl sites for hydroxylation is 2. The van der Waals surface area contributed by atoms with Crippen LogP contribution >= 0.6 is 0 Å². The second-order valence-corrected chi connectivity index (χ2v) is 7.49. The highest BCUT2D eigenvalue weighted by atomic mass is 16.2. The average molecular weight is 380 g/mol. The number of nitrogens with zero attached hydrogens (tertiary/aromatic N) is 3. The Hall–Kier alpha value is -2.73. The minimum atomic E-state index is -0.173. The largest absolute Gasteiger partial charge is 0.354 e. The van der Waals surface area contributed by atoms with E-state index in [4.69, 9.17) is 0 Å². The van der Waals surface area contributed by atoms with Gasteiger partial charge in [-0.25, -0.2) is 4.98 Å². The van der Waals surface area contributed by atoms with Gasteiger partial charge in [-0.3, -0.25) is 9.59 Å². The Labute approximate surface area is 166 Å². The van der Waals surface area contributed by atoms with E-state index in [1.54, 1.807) is 6.20 Å². The number of aromatic nitrogens is 1. The van der Waals surface area contributed by atoms with Crippen molar-refractivity contribution in [1.29, 1.82) is 0 Å². The standard InChI is InChI=1S/C22H28N4O2/c1-16-4-5-17(2)19(14-16)20(27)7-9-22(28)24-18-6-8-21(23-15-18)26-12-10-25(3)11-13-26/h4-6,8,14-15H,7,9-13H2,1-3H3,(H,24,28). The monoisotopic (exact) mass is 380 g/mol. The summed E-state index contributed by atoms with van der Waals surface area (Å²) in [5.74, 6) is 0.754. The summed E-state index contributed by atoms with van der Waals surface area (Å²) in [6, 6.07) is 9.61. The van der Waals surface area contributed by atoms with E-state index in [1.165, 1.54) is 0 Å². The summed E-state index contributed by atoms with van der Waals surface area (Å²) >= 11 is 0. The zero-order valence-electron chi connectivity index (χ0n) is 16.9. The number of hydrogen-bond donors (Lipinski definition) is 1. The first-order valence-electron chi connectivity index (χ1n) is 9.72. The van der Waals surface area contributed by atoms with Crippen LogP contribution in [0.2, 0.25) is 0 Å². The maximum Gasteiger partial charge on any atom is 0.224 e. The van der Waals surface area contributed by atoms with E-state index >= 15 is 0 Å². The second kappa shape index (κ2) is 8.97. The lowest BCUT2D eigenvalue weighted by atomic mass is 9.99. The summed E-state index contributed by atoms with van der Waals surface area (Å²) < 4.78 is 0. The van der Waals surface area contributed by atoms with Gasteiger partial charge >= 0.3 is 0 Å². The molecule has 0 radical (unpaired) electrons. The summed E-state index contributed by atoms with van der Waals surface area (Å²) in [7, 11) is 2.12. The van der Waals surface area contributed by atoms with Crippen LogP contribution in [-0.2, 0) is 4.79 Å². The molecule has 1 fully saturated rings. The molecule has 1 aliphatic rings. The molecule has 2 aromatic rings. The Bertz CT molecular complexity index is 840. The number of carbonyl (C=O) groups is 2. The average Bonchev–Trinajstić information content (AvgIpc) is 2.69. The van der Waals surface area contributed by atoms with Crippen molar-refractivity contribution in [1.82, 2.24) is 9.88 Å². The Balaban J connectivity index is 1.50. The number of rotatable bonds is 6. The van der Waals surface area contributed by atoms with E-state index in [9.17, 15) is 9.59 Å². The number of ketones is 1. The summed E-state index contributed by atoms with van der Waals surface area (Å²) in [6.45, 7) is 7.83. The first kappa shape index (κ1) is 20.0. The molecule has 3 rings (SSSR count). The lowest BCUT2D eigenvalue weighted by Crippen LogP contribution is -2.44. The summed E-state index contributed by atoms with van der Waals surface area (Å²) in [4.78, 5) is 33.6. The van der Waals surface area contributed by atoms with Gasteiger partial charge in [0.2, 0.25) is 5.91 Å². The zero-order valence-corrected chi connectivity index (χ0v) is 16.9. The molecule has 0 bridgehead atoms. The summed E-state index contributed by atoms with van der Waals surface area (Å²) in [6.07, 6.45) is 2.04. The number of carbonyl (C=O) groups excluding carboxylic acids is 2. The van der Waals surface area contributed by atoms with Crippen molar-refractivity contribution in [3.63, 3.8) is 0 Å². The van der Waals surface area contributed by atoms with E-state index in [1.807, 2.05) is 44.2 Å². The SMILES string of the molecule is Cc1ccc(C)c(C(=O)CCC(=O)Nc2ccc(N3CCN(C)CC3)nc2)c1. The fraction of sp³-hybridized carbons (Fsp3) is 0.409. The Morgan fingerprint density at radius 3 is 2.46 bits per heavy atom. The molecule has 0 spiro atoms. The smallest absolute Gasteiger partial charge is 0.224 e. The fourth-order valence-electron chi connectivity index (χ4n) is 3.30. The van der Waals surface area contributed by atoms with Gasteiger partial charge < -0.3 is 15.1 Å². The third-order valence-electron chi connectivity index (χ3n) is 5.13. The van der Waals surface area contributed by atoms with E-state index < -0.39 is 0 Å². The molecule has 1 N–H and O–H groups in total. The number of anilines is 2. The van der Waals surface area contributed by atoms with Crippen molar-refractivity contribution in [2.24, 2.45) is 0 Å². The van der Waals surface area contributed by atoms with Crippen molar-refractivity contribution < 1.29 is 9.59 Å². The molecule has 0 unspecified atom stereocenters. The molecule has 2 heterocycles. The lowest BCUT2D eigenvalue weighted by Gasteiger charge is -2.33. The number of Topliss-reactive ketones (excluding diaryl/α,β-unsaturated/α-hetero) is 1. The predicted molar refractivity (Wildman–Crippen MR) is 112 cm³/mol. The zero-order chi connectivity index (χ0) is 20.1. The molecular formula is C22H28N4O2. The number of pyridine rings is 1. The molecule has 6 nitrogen and oxygen atoms in total. The highest BCUT2D eigenvalue weighted by Gasteiger charge is 2.16. The quantitative estimate of drug-likeness (QED) is 0.781. The van der Waals surface area contributed by atoms with Crippen molar-refractivity contribution in [2.75, 3.05) is 43.4 Å². The van der Waals surface area contributed by atoms with Crippen molar-refractivity contribution in [3.05, 3.63) is 53.2 Å². The second-order valence-electron chi connectivity index (χ2n) is 7.49. The molecule has 0 atom stereocenters. The van der Waals surface area contributed by atoms with Gasteiger partial charge in [-0.2, -0.15) is 0 Å². The van der Waals surface area contributed by atoms with Gasteiger partial charge in [0.15, 0.2) is 5.78 Å². The minimum absolute atomic E-state index is 0.000102. The molecule has 148 valence electrons. The Morgan fingerprint density at radius 1 is 1.04 bits per heavy atom. The van der Waals surface area contributed by atoms with Crippen LogP contribution in [0.25, 0.3) is 0 Å². The fourth-order valence-corrected chi connectivity index (χ4v) is 3.30. The molecule has 28 heavy (non-hydrogen) atoms. The van der Waals surface area contributed by atoms with E-state index in [0.29, 0.717) is 11.3 Å². The number of piperazine rings is 1. The normalized spacial score (nSPS) is 14.8. The van der Waals surface area contributed by atoms with Gasteiger partial charge in [0.1, 0.15) is 5.82 Å². The van der Waals surface area contributed by atoms with Crippen LogP contribution in [-0.4, -0.2) is 54.8 Å². The molecule has 1 aliphatic heterocycles. The lowest BCUT2D eigenvalue weighted by molar-refractivity contribution is -0.116. The highest BCUT2D eigenvalue weighted by molar-refractivity contribution is 6.01. The van der Waals surface area contributed by atoms with Crippen molar-refractivity contribution in [3.8, 4) is 0 Å². The third kappa shape index (κ3) is 5.16. The van der Waals surface area contributed by atoms with Crippen LogP contribution in [0.4, 0.5) is 11.5 Å². The van der Waals surface area contributed by atoms with Crippen LogP contribution in [0.15, 0.2) is 36.5 Å². The van der Waals surface area contributed by atoms with Gasteiger partial charge in [0, 0.05) is 44.6 Å². The van der Waals surface area contributed by atoms with E-state index in [0.717, 1.165) is 43.1 Å². The van der Waals surface area contributed by atoms with Gasteiger partial charge in [-0.15, -0.1) is 0 Å². The first-order valence-corrected chi connectivity index (χ1v) is 9.72. The summed E-state index contributed by atoms with van der Waals surface area (Å²) in [5.41, 5.74) is 3.35. The number of hydrogen-bond acceptors (Lipinski definition) is 5. The topological polar surface area (TPSA) is 65.5 Å². The Kier molecular flexibility index (Phi) is 6.41. The molecule has 1 amide bonds. The molecule has 6 heteroatoms. The molecule has 1 aromatic carbocycles. The minimum Gasteiger partial charge on any atom is -0.354 e. The first-order chi connectivity index (χ1) is 13.4. The van der Waals surface area contributed by atoms with E-state index in [2.05, 4.69) is 27.1 Å². The van der Waals surface area contributed by atoms with Gasteiger partial charge in [0.05, 0.1) is 11.9 Å². The van der Waals surface area contributed by atoms with Crippen molar-refractivity contribution in [2.45, 2.75) is 26.7 Å². The van der Waals surface area contributed by atoms with Gasteiger partial charge in [-0.1, -0.05) is 17.7 Å². The molecule has 0 aliphatic carbocycles. The van der Waals surface area contributed by atoms with Crippen LogP contribution < -0.4 is 10.2 Å². The maximum absolute atomic E-state index is 12.4. The van der Waals surface area contributed by atoms with E-state index in [-0.39, 0.29) is 24.5 Å². The molecular weight excluding hydrogens is 352 g/mol. The Morgan fingerprint density at radius 2 is 1.79 bits per heavy atom. The van der Waals surface area contributed by atoms with Crippen LogP contribution in [0, 0.1) is 13.8 Å². The van der Waals surface area contributed by atoms with Gasteiger partial charge in [0.25, 0.3) is 0 Å². The summed E-state index contributed by atoms with van der Waals surface area (Å²) in [5, 5.41) is 2.83. The molecule has 1 saturated heterocycles. The van der Waals surface area contributed by atoms with Crippen LogP contribution in [0.5, 0.6) is 0 Å². The highest BCUT2D eigenvalue weighted by Crippen LogP contribution is 2.17. The van der Waals surface area contributed by atoms with Crippen LogP contribution in [0.3, 0.4) is 0 Å². The van der Waals surface area contributed by atoms with Crippen molar-refractivity contribution >= 4 is 23.2 Å². The number of likely N-dealkylation sites (N-methyl/N-ethyl adjacent to an activating group) is 1. The third-order valence-corrected chi connectivity index (χ3v) is 5.13. The predicted octanol–water partition coefficient (Wildman–Crippen LogP) is 3.05. The number of nitrogens with one attached hydrogen (secondary N) is 1. The number of amides is 1. The number of benzene rings is 1. The molecule has 1 aromatic heterocycles. The van der Waals surface area contributed by atoms with Crippen LogP contribution in [0.1, 0.15) is 34.3 Å². The maximum atomic E-state index is 12.4.